The van der Waals surface area contributed by atoms with E-state index in [4.69, 9.17) is 4.74 Å². The highest BCUT2D eigenvalue weighted by Crippen LogP contribution is 2.26. The minimum absolute atomic E-state index is 0.00736. The summed E-state index contributed by atoms with van der Waals surface area (Å²) in [6.07, 6.45) is 5.61. The van der Waals surface area contributed by atoms with Crippen LogP contribution in [0, 0.1) is 11.8 Å². The molecule has 0 aromatic carbocycles. The van der Waals surface area contributed by atoms with Crippen molar-refractivity contribution in [3.8, 4) is 0 Å². The first-order valence-corrected chi connectivity index (χ1v) is 5.84. The SMILES string of the molecule is CCC(C)C(=O)OC1CCC(C)CC1. The van der Waals surface area contributed by atoms with Crippen LogP contribution in [0.3, 0.4) is 0 Å². The molecule has 0 spiro atoms. The molecule has 0 heterocycles. The third kappa shape index (κ3) is 3.32. The van der Waals surface area contributed by atoms with Crippen LogP contribution in [0.25, 0.3) is 0 Å². The van der Waals surface area contributed by atoms with Gasteiger partial charge in [-0.2, -0.15) is 0 Å². The molecule has 0 aromatic rings. The molecular weight excluding hydrogens is 176 g/mol. The summed E-state index contributed by atoms with van der Waals surface area (Å²) in [5.41, 5.74) is 0. The maximum Gasteiger partial charge on any atom is 0.308 e. The average molecular weight is 198 g/mol. The third-order valence-electron chi connectivity index (χ3n) is 3.26. The van der Waals surface area contributed by atoms with E-state index in [1.54, 1.807) is 0 Å². The van der Waals surface area contributed by atoms with E-state index in [-0.39, 0.29) is 18.0 Å². The standard InChI is InChI=1S/C12H22O2/c1-4-10(3)12(13)14-11-7-5-9(2)6-8-11/h9-11H,4-8H2,1-3H3. The van der Waals surface area contributed by atoms with Crippen molar-refractivity contribution in [3.63, 3.8) is 0 Å². The third-order valence-corrected chi connectivity index (χ3v) is 3.26. The Bertz CT molecular complexity index is 181. The van der Waals surface area contributed by atoms with Gasteiger partial charge in [0.15, 0.2) is 0 Å². The molecule has 1 aliphatic rings. The number of hydrogen-bond acceptors (Lipinski definition) is 2. The molecule has 1 rings (SSSR count). The van der Waals surface area contributed by atoms with Crippen LogP contribution in [0.5, 0.6) is 0 Å². The first kappa shape index (κ1) is 11.5. The Morgan fingerprint density at radius 2 is 1.93 bits per heavy atom. The highest BCUT2D eigenvalue weighted by atomic mass is 16.5. The van der Waals surface area contributed by atoms with Crippen molar-refractivity contribution in [3.05, 3.63) is 0 Å². The minimum Gasteiger partial charge on any atom is -0.462 e. The van der Waals surface area contributed by atoms with Crippen molar-refractivity contribution in [2.45, 2.75) is 59.0 Å². The lowest BCUT2D eigenvalue weighted by Crippen LogP contribution is -2.26. The van der Waals surface area contributed by atoms with E-state index >= 15 is 0 Å². The zero-order valence-electron chi connectivity index (χ0n) is 9.58. The molecule has 1 unspecified atom stereocenters. The summed E-state index contributed by atoms with van der Waals surface area (Å²) in [6, 6.07) is 0. The van der Waals surface area contributed by atoms with Gasteiger partial charge in [-0.3, -0.25) is 4.79 Å². The van der Waals surface area contributed by atoms with E-state index in [2.05, 4.69) is 6.92 Å². The number of rotatable bonds is 3. The van der Waals surface area contributed by atoms with Gasteiger partial charge in [-0.1, -0.05) is 20.8 Å². The monoisotopic (exact) mass is 198 g/mol. The van der Waals surface area contributed by atoms with Crippen molar-refractivity contribution in [1.82, 2.24) is 0 Å². The molecule has 0 amide bonds. The second-order valence-electron chi connectivity index (χ2n) is 4.63. The Labute approximate surface area is 87.0 Å². The molecule has 0 bridgehead atoms. The van der Waals surface area contributed by atoms with Crippen LogP contribution >= 0.6 is 0 Å². The molecule has 0 aliphatic heterocycles. The largest absolute Gasteiger partial charge is 0.462 e. The van der Waals surface area contributed by atoms with Gasteiger partial charge >= 0.3 is 5.97 Å². The van der Waals surface area contributed by atoms with Gasteiger partial charge in [0.1, 0.15) is 6.10 Å². The average Bonchev–Trinajstić information content (AvgIpc) is 2.20. The number of esters is 1. The Morgan fingerprint density at radius 3 is 2.43 bits per heavy atom. The Balaban J connectivity index is 2.27. The number of carbonyl (C=O) groups excluding carboxylic acids is 1. The molecule has 0 saturated heterocycles. The van der Waals surface area contributed by atoms with Crippen molar-refractivity contribution >= 4 is 5.97 Å². The molecule has 1 fully saturated rings. The van der Waals surface area contributed by atoms with Gasteiger partial charge in [-0.15, -0.1) is 0 Å². The molecule has 1 aliphatic carbocycles. The van der Waals surface area contributed by atoms with Gasteiger partial charge in [0, 0.05) is 0 Å². The fraction of sp³-hybridized carbons (Fsp3) is 0.917. The predicted molar refractivity (Wildman–Crippen MR) is 57.0 cm³/mol. The second kappa shape index (κ2) is 5.38. The topological polar surface area (TPSA) is 26.3 Å². The van der Waals surface area contributed by atoms with Gasteiger partial charge in [0.2, 0.25) is 0 Å². The molecular formula is C12H22O2. The number of ether oxygens (including phenoxy) is 1. The van der Waals surface area contributed by atoms with Crippen LogP contribution in [-0.4, -0.2) is 12.1 Å². The first-order valence-electron chi connectivity index (χ1n) is 5.84. The predicted octanol–water partition coefficient (Wildman–Crippen LogP) is 3.15. The number of carbonyl (C=O) groups is 1. The molecule has 14 heavy (non-hydrogen) atoms. The summed E-state index contributed by atoms with van der Waals surface area (Å²) in [6.45, 7) is 6.23. The quantitative estimate of drug-likeness (QED) is 0.651. The Morgan fingerprint density at radius 1 is 1.36 bits per heavy atom. The van der Waals surface area contributed by atoms with Gasteiger partial charge in [0.25, 0.3) is 0 Å². The van der Waals surface area contributed by atoms with Crippen molar-refractivity contribution in [2.24, 2.45) is 11.8 Å². The summed E-state index contributed by atoms with van der Waals surface area (Å²) in [5.74, 6) is 0.870. The van der Waals surface area contributed by atoms with E-state index in [9.17, 15) is 4.79 Å². The number of hydrogen-bond donors (Lipinski definition) is 0. The zero-order chi connectivity index (χ0) is 10.6. The van der Waals surface area contributed by atoms with Crippen LogP contribution in [0.4, 0.5) is 0 Å². The van der Waals surface area contributed by atoms with Gasteiger partial charge in [0.05, 0.1) is 5.92 Å². The summed E-state index contributed by atoms with van der Waals surface area (Å²) in [4.78, 5) is 11.5. The molecule has 0 aromatic heterocycles. The lowest BCUT2D eigenvalue weighted by Gasteiger charge is -2.26. The zero-order valence-corrected chi connectivity index (χ0v) is 9.58. The van der Waals surface area contributed by atoms with Crippen LogP contribution in [0.15, 0.2) is 0 Å². The van der Waals surface area contributed by atoms with Crippen molar-refractivity contribution < 1.29 is 9.53 Å². The summed E-state index contributed by atoms with van der Waals surface area (Å²) < 4.78 is 5.45. The van der Waals surface area contributed by atoms with Crippen LogP contribution in [-0.2, 0) is 9.53 Å². The molecule has 1 atom stereocenters. The lowest BCUT2D eigenvalue weighted by molar-refractivity contribution is -0.155. The summed E-state index contributed by atoms with van der Waals surface area (Å²) >= 11 is 0. The van der Waals surface area contributed by atoms with Crippen LogP contribution < -0.4 is 0 Å². The van der Waals surface area contributed by atoms with Crippen molar-refractivity contribution in [2.75, 3.05) is 0 Å². The Kier molecular flexibility index (Phi) is 4.43. The van der Waals surface area contributed by atoms with Gasteiger partial charge in [-0.25, -0.2) is 0 Å². The van der Waals surface area contributed by atoms with Gasteiger partial charge < -0.3 is 4.74 Å². The normalized spacial score (nSPS) is 29.6. The van der Waals surface area contributed by atoms with E-state index < -0.39 is 0 Å². The fourth-order valence-corrected chi connectivity index (χ4v) is 1.79. The van der Waals surface area contributed by atoms with E-state index in [0.717, 1.165) is 25.2 Å². The van der Waals surface area contributed by atoms with Gasteiger partial charge in [-0.05, 0) is 38.0 Å². The summed E-state index contributed by atoms with van der Waals surface area (Å²) in [7, 11) is 0. The second-order valence-corrected chi connectivity index (χ2v) is 4.63. The maximum atomic E-state index is 11.5. The van der Waals surface area contributed by atoms with E-state index in [0.29, 0.717) is 0 Å². The molecule has 82 valence electrons. The minimum atomic E-state index is -0.00736. The lowest BCUT2D eigenvalue weighted by atomic mass is 9.89. The maximum absolute atomic E-state index is 11.5. The van der Waals surface area contributed by atoms with E-state index in [1.165, 1.54) is 12.8 Å². The summed E-state index contributed by atoms with van der Waals surface area (Å²) in [5, 5.41) is 0. The first-order chi connectivity index (χ1) is 6.63. The van der Waals surface area contributed by atoms with E-state index in [1.807, 2.05) is 13.8 Å². The Hall–Kier alpha value is -0.530. The molecule has 2 heteroatoms. The highest BCUT2D eigenvalue weighted by molar-refractivity contribution is 5.72. The van der Waals surface area contributed by atoms with Crippen LogP contribution in [0.2, 0.25) is 0 Å². The smallest absolute Gasteiger partial charge is 0.308 e. The molecule has 0 radical (unpaired) electrons. The fourth-order valence-electron chi connectivity index (χ4n) is 1.79. The van der Waals surface area contributed by atoms with Crippen LogP contribution in [0.1, 0.15) is 52.9 Å². The molecule has 2 nitrogen and oxygen atoms in total. The van der Waals surface area contributed by atoms with Crippen molar-refractivity contribution in [1.29, 1.82) is 0 Å². The highest BCUT2D eigenvalue weighted by Gasteiger charge is 2.23. The molecule has 0 N–H and O–H groups in total. The molecule has 1 saturated carbocycles.